The molecule has 2 N–H and O–H groups in total. The Kier molecular flexibility index (Phi) is 6.74. The first kappa shape index (κ1) is 26.1. The second kappa shape index (κ2) is 10.9. The van der Waals surface area contributed by atoms with Crippen molar-refractivity contribution in [3.63, 3.8) is 0 Å². The Bertz CT molecular complexity index is 1800. The monoisotopic (exact) mass is 580 g/mol. The minimum Gasteiger partial charge on any atom is -0.402 e. The van der Waals surface area contributed by atoms with Crippen LogP contribution in [0.5, 0.6) is 0 Å². The van der Waals surface area contributed by atoms with E-state index in [2.05, 4.69) is 35.8 Å². The number of aliphatic imine (C=N–C) groups is 1. The molecule has 7 rings (SSSR count). The van der Waals surface area contributed by atoms with Crippen molar-refractivity contribution in [3.05, 3.63) is 88.7 Å². The summed E-state index contributed by atoms with van der Waals surface area (Å²) in [6, 6.07) is 13.9. The van der Waals surface area contributed by atoms with Crippen molar-refractivity contribution in [1.82, 2.24) is 25.1 Å². The van der Waals surface area contributed by atoms with Crippen molar-refractivity contribution < 1.29 is 13.6 Å². The molecule has 1 fully saturated rings. The molecule has 5 aromatic rings. The summed E-state index contributed by atoms with van der Waals surface area (Å²) in [7, 11) is 0. The number of amides is 1. The summed E-state index contributed by atoms with van der Waals surface area (Å²) in [5.74, 6) is 0.236. The number of hydrogen-bond donors (Lipinski definition) is 2. The van der Waals surface area contributed by atoms with Gasteiger partial charge in [-0.25, -0.2) is 24.3 Å². The number of rotatable bonds is 7. The average molecular weight is 581 g/mol. The zero-order valence-electron chi connectivity index (χ0n) is 22.5. The first-order chi connectivity index (χ1) is 20.6. The fourth-order valence-electron chi connectivity index (χ4n) is 4.88. The van der Waals surface area contributed by atoms with Gasteiger partial charge in [0.15, 0.2) is 0 Å². The summed E-state index contributed by atoms with van der Waals surface area (Å²) in [4.78, 5) is 32.6. The van der Waals surface area contributed by atoms with Crippen molar-refractivity contribution in [2.45, 2.75) is 44.7 Å². The number of aromatic nitrogens is 5. The molecule has 1 aliphatic carbocycles. The highest BCUT2D eigenvalue weighted by Gasteiger charge is 2.31. The van der Waals surface area contributed by atoms with Crippen LogP contribution in [0.3, 0.4) is 0 Å². The highest BCUT2D eigenvalue weighted by Crippen LogP contribution is 2.44. The molecular weight excluding hydrogens is 555 g/mol. The molecule has 1 amide bonds. The molecule has 0 radical (unpaired) electrons. The van der Waals surface area contributed by atoms with E-state index in [9.17, 15) is 9.18 Å². The lowest BCUT2D eigenvalue weighted by molar-refractivity contribution is -0.116. The third-order valence-electron chi connectivity index (χ3n) is 7.34. The van der Waals surface area contributed by atoms with E-state index in [-0.39, 0.29) is 17.6 Å². The van der Waals surface area contributed by atoms with Crippen LogP contribution in [0.4, 0.5) is 16.1 Å². The second-order valence-corrected chi connectivity index (χ2v) is 11.1. The number of benzene rings is 2. The lowest BCUT2D eigenvalue weighted by Gasteiger charge is -2.22. The standard InChI is InChI=1S/C30H25FN8O2S/c1-2-21-32-14-18(15-33-21)25-24(36-29(42-25)17-10-6-11-17)28-38-39-30(41-28)37-26-27(40)35-23-19(12-7-13-20(23)31)22(34-26)16-8-4-3-5-9-16/h3-5,7-9,12-15,17,26H,2,6,10-11H2,1H3,(H,35,40)(H,37,39). The largest absolute Gasteiger partial charge is 0.402 e. The molecule has 10 nitrogen and oxygen atoms in total. The van der Waals surface area contributed by atoms with Crippen molar-refractivity contribution in [3.8, 4) is 22.0 Å². The Labute approximate surface area is 244 Å². The summed E-state index contributed by atoms with van der Waals surface area (Å²) in [6.07, 6.45) is 6.51. The molecule has 1 aliphatic heterocycles. The fraction of sp³-hybridized carbons (Fsp3) is 0.233. The summed E-state index contributed by atoms with van der Waals surface area (Å²) in [6.45, 7) is 2.01. The molecule has 4 heterocycles. The van der Waals surface area contributed by atoms with E-state index in [0.29, 0.717) is 22.9 Å². The number of nitrogens with one attached hydrogen (secondary N) is 2. The topological polar surface area (TPSA) is 131 Å². The van der Waals surface area contributed by atoms with E-state index < -0.39 is 17.9 Å². The SMILES string of the molecule is CCc1ncc(-c2sc(C3CCC3)nc2-c2nnc(NC3N=C(c4ccccc4)c4cccc(F)c4NC3=O)o2)cn1. The van der Waals surface area contributed by atoms with Crippen LogP contribution in [0, 0.1) is 5.82 Å². The average Bonchev–Trinajstić information content (AvgIpc) is 3.60. The number of carbonyl (C=O) groups excluding carboxylic acids is 1. The van der Waals surface area contributed by atoms with Crippen LogP contribution < -0.4 is 10.6 Å². The van der Waals surface area contributed by atoms with Gasteiger partial charge in [-0.05, 0) is 18.9 Å². The number of hydrogen-bond acceptors (Lipinski definition) is 10. The predicted octanol–water partition coefficient (Wildman–Crippen LogP) is 5.85. The van der Waals surface area contributed by atoms with Crippen LogP contribution in [-0.2, 0) is 11.2 Å². The first-order valence-electron chi connectivity index (χ1n) is 13.7. The van der Waals surface area contributed by atoms with Gasteiger partial charge in [0.25, 0.3) is 11.8 Å². The molecule has 0 bridgehead atoms. The van der Waals surface area contributed by atoms with Gasteiger partial charge in [0, 0.05) is 41.4 Å². The molecule has 3 aromatic heterocycles. The molecule has 42 heavy (non-hydrogen) atoms. The smallest absolute Gasteiger partial charge is 0.317 e. The van der Waals surface area contributed by atoms with Gasteiger partial charge in [-0.1, -0.05) is 60.9 Å². The van der Waals surface area contributed by atoms with Gasteiger partial charge in [-0.3, -0.25) is 4.79 Å². The number of benzodiazepines with no additional fused rings is 1. The Balaban J connectivity index is 1.23. The van der Waals surface area contributed by atoms with Crippen LogP contribution in [0.25, 0.3) is 22.0 Å². The molecule has 2 aliphatic rings. The molecular formula is C30H25FN8O2S. The van der Waals surface area contributed by atoms with Gasteiger partial charge in [-0.2, -0.15) is 0 Å². The maximum Gasteiger partial charge on any atom is 0.317 e. The molecule has 210 valence electrons. The highest BCUT2D eigenvalue weighted by atomic mass is 32.1. The Morgan fingerprint density at radius 1 is 1.05 bits per heavy atom. The van der Waals surface area contributed by atoms with E-state index >= 15 is 0 Å². The van der Waals surface area contributed by atoms with Gasteiger partial charge in [0.1, 0.15) is 17.3 Å². The summed E-state index contributed by atoms with van der Waals surface area (Å²) < 4.78 is 20.8. The third-order valence-corrected chi connectivity index (χ3v) is 8.61. The van der Waals surface area contributed by atoms with E-state index in [1.807, 2.05) is 37.3 Å². The normalized spacial score (nSPS) is 16.7. The number of halogens is 1. The van der Waals surface area contributed by atoms with E-state index in [4.69, 9.17) is 9.40 Å². The van der Waals surface area contributed by atoms with Crippen LogP contribution in [0.2, 0.25) is 0 Å². The molecule has 2 aromatic carbocycles. The molecule has 1 saturated carbocycles. The third kappa shape index (κ3) is 4.83. The minimum absolute atomic E-state index is 0.0190. The number of thiazole rings is 1. The highest BCUT2D eigenvalue weighted by molar-refractivity contribution is 7.15. The van der Waals surface area contributed by atoms with Crippen molar-refractivity contribution in [1.29, 1.82) is 0 Å². The number of anilines is 2. The van der Waals surface area contributed by atoms with E-state index in [1.54, 1.807) is 35.9 Å². The fourth-order valence-corrected chi connectivity index (χ4v) is 6.08. The Hall–Kier alpha value is -4.84. The number of nitrogens with zero attached hydrogens (tertiary/aromatic N) is 6. The maximum absolute atomic E-state index is 14.8. The van der Waals surface area contributed by atoms with Crippen molar-refractivity contribution in [2.75, 3.05) is 10.6 Å². The first-order valence-corrected chi connectivity index (χ1v) is 14.5. The quantitative estimate of drug-likeness (QED) is 0.245. The Morgan fingerprint density at radius 2 is 1.86 bits per heavy atom. The number of aryl methyl sites for hydroxylation is 1. The van der Waals surface area contributed by atoms with Crippen LogP contribution in [0.15, 0.2) is 70.3 Å². The molecule has 1 unspecified atom stereocenters. The predicted molar refractivity (Wildman–Crippen MR) is 157 cm³/mol. The molecule has 0 saturated heterocycles. The summed E-state index contributed by atoms with van der Waals surface area (Å²) in [5, 5.41) is 15.0. The Morgan fingerprint density at radius 3 is 2.60 bits per heavy atom. The van der Waals surface area contributed by atoms with Crippen LogP contribution in [-0.4, -0.2) is 42.9 Å². The summed E-state index contributed by atoms with van der Waals surface area (Å²) >= 11 is 1.58. The van der Waals surface area contributed by atoms with Crippen molar-refractivity contribution >= 4 is 34.7 Å². The molecule has 0 spiro atoms. The van der Waals surface area contributed by atoms with Crippen molar-refractivity contribution in [2.24, 2.45) is 4.99 Å². The van der Waals surface area contributed by atoms with E-state index in [1.165, 1.54) is 12.5 Å². The van der Waals surface area contributed by atoms with Gasteiger partial charge in [0.2, 0.25) is 6.17 Å². The maximum atomic E-state index is 14.8. The van der Waals surface area contributed by atoms with Crippen LogP contribution in [0.1, 0.15) is 54.1 Å². The zero-order valence-corrected chi connectivity index (χ0v) is 23.4. The lowest BCUT2D eigenvalue weighted by atomic mass is 9.86. The number of carbonyl (C=O) groups is 1. The lowest BCUT2D eigenvalue weighted by Crippen LogP contribution is -2.32. The molecule has 1 atom stereocenters. The van der Waals surface area contributed by atoms with Gasteiger partial charge < -0.3 is 15.1 Å². The number of para-hydroxylation sites is 1. The van der Waals surface area contributed by atoms with Gasteiger partial charge in [0.05, 0.1) is 21.3 Å². The summed E-state index contributed by atoms with van der Waals surface area (Å²) in [5.41, 5.74) is 3.07. The van der Waals surface area contributed by atoms with E-state index in [0.717, 1.165) is 46.1 Å². The second-order valence-electron chi connectivity index (χ2n) is 10.1. The molecule has 12 heteroatoms. The van der Waals surface area contributed by atoms with Gasteiger partial charge in [-0.15, -0.1) is 16.4 Å². The minimum atomic E-state index is -1.17. The zero-order chi connectivity index (χ0) is 28.6. The van der Waals surface area contributed by atoms with Gasteiger partial charge >= 0.3 is 6.01 Å². The number of fused-ring (bicyclic) bond motifs is 1. The van der Waals surface area contributed by atoms with Crippen LogP contribution >= 0.6 is 11.3 Å².